The average Bonchev–Trinajstić information content (AvgIpc) is 2.85. The van der Waals surface area contributed by atoms with Gasteiger partial charge < -0.3 is 4.90 Å². The average molecular weight is 559 g/mol. The Hall–Kier alpha value is -2.33. The van der Waals surface area contributed by atoms with Gasteiger partial charge in [0, 0.05) is 45.0 Å². The van der Waals surface area contributed by atoms with Gasteiger partial charge in [-0.1, -0.05) is 30.3 Å². The summed E-state index contributed by atoms with van der Waals surface area (Å²) in [6, 6.07) is 13.3. The molecule has 1 unspecified atom stereocenters. The molecule has 2 aromatic rings. The maximum atomic E-state index is 13.1. The Bertz CT molecular complexity index is 1110. The smallest absolute Gasteiger partial charge is 0.369 e. The molecule has 2 fully saturated rings. The van der Waals surface area contributed by atoms with E-state index in [2.05, 4.69) is 17.0 Å². The molecule has 0 radical (unpaired) electrons. The van der Waals surface area contributed by atoms with Crippen LogP contribution in [0, 0.1) is 0 Å². The summed E-state index contributed by atoms with van der Waals surface area (Å²) in [4.78, 5) is 33.5. The molecule has 0 aliphatic carbocycles. The fourth-order valence-electron chi connectivity index (χ4n) is 5.34. The molecule has 0 aromatic heterocycles. The van der Waals surface area contributed by atoms with Crippen LogP contribution < -0.4 is 4.90 Å². The van der Waals surface area contributed by atoms with Gasteiger partial charge in [-0.05, 0) is 48.7 Å². The largest absolute Gasteiger partial charge is 0.416 e. The van der Waals surface area contributed by atoms with Crippen molar-refractivity contribution >= 4 is 42.3 Å². The van der Waals surface area contributed by atoms with Crippen molar-refractivity contribution in [3.05, 3.63) is 65.2 Å². The predicted molar refractivity (Wildman–Crippen MR) is 140 cm³/mol. The molecule has 2 amide bonds. The number of amides is 2. The van der Waals surface area contributed by atoms with Gasteiger partial charge in [0.1, 0.15) is 0 Å². The number of imide groups is 1. The summed E-state index contributed by atoms with van der Waals surface area (Å²) in [5.41, 5.74) is 2.31. The number of halogens is 5. The fraction of sp³-hybridized carbons (Fsp3) is 0.462. The van der Waals surface area contributed by atoms with Crippen molar-refractivity contribution < 1.29 is 22.8 Å². The normalized spacial score (nSPS) is 20.6. The summed E-state index contributed by atoms with van der Waals surface area (Å²) in [5.74, 6) is -0.245. The van der Waals surface area contributed by atoms with Crippen LogP contribution in [-0.4, -0.2) is 78.4 Å². The van der Waals surface area contributed by atoms with Gasteiger partial charge in [-0.25, -0.2) is 0 Å². The molecule has 37 heavy (non-hydrogen) atoms. The molecule has 0 spiro atoms. The monoisotopic (exact) mass is 558 g/mol. The van der Waals surface area contributed by atoms with Crippen LogP contribution in [0.5, 0.6) is 0 Å². The quantitative estimate of drug-likeness (QED) is 0.521. The van der Waals surface area contributed by atoms with Crippen LogP contribution in [-0.2, 0) is 28.7 Å². The Morgan fingerprint density at radius 3 is 2.24 bits per heavy atom. The number of fused-ring (bicyclic) bond motifs is 2. The van der Waals surface area contributed by atoms with Gasteiger partial charge in [-0.2, -0.15) is 13.2 Å². The van der Waals surface area contributed by atoms with Gasteiger partial charge in [-0.3, -0.25) is 24.3 Å². The molecule has 0 saturated carbocycles. The topological polar surface area (TPSA) is 47.1 Å². The molecule has 1 atom stereocenters. The van der Waals surface area contributed by atoms with E-state index in [9.17, 15) is 22.8 Å². The zero-order valence-corrected chi connectivity index (χ0v) is 22.0. The molecule has 0 N–H and O–H groups in total. The molecule has 6 nitrogen and oxygen atoms in total. The number of alkyl halides is 3. The van der Waals surface area contributed by atoms with E-state index in [4.69, 9.17) is 0 Å². The molecule has 3 aliphatic heterocycles. The van der Waals surface area contributed by atoms with E-state index >= 15 is 0 Å². The number of rotatable bonds is 5. The van der Waals surface area contributed by atoms with E-state index in [1.807, 2.05) is 21.9 Å². The SMILES string of the molecule is Cl.Cl.O=C1CN2Cc3ccccc3CC2C(=O)N1CCCN1CCN(c2cccc(C(F)(F)F)c2)CC1. The Morgan fingerprint density at radius 2 is 1.54 bits per heavy atom. The highest BCUT2D eigenvalue weighted by molar-refractivity contribution is 6.01. The third-order valence-electron chi connectivity index (χ3n) is 7.30. The van der Waals surface area contributed by atoms with Crippen molar-refractivity contribution in [3.8, 4) is 0 Å². The van der Waals surface area contributed by atoms with Crippen molar-refractivity contribution in [1.82, 2.24) is 14.7 Å². The van der Waals surface area contributed by atoms with E-state index in [-0.39, 0.29) is 49.2 Å². The van der Waals surface area contributed by atoms with E-state index in [1.54, 1.807) is 6.07 Å². The van der Waals surface area contributed by atoms with Crippen molar-refractivity contribution in [3.63, 3.8) is 0 Å². The van der Waals surface area contributed by atoms with Crippen molar-refractivity contribution in [2.75, 3.05) is 50.7 Å². The van der Waals surface area contributed by atoms with Crippen LogP contribution in [0.1, 0.15) is 23.1 Å². The Morgan fingerprint density at radius 1 is 0.838 bits per heavy atom. The van der Waals surface area contributed by atoms with E-state index in [1.165, 1.54) is 28.2 Å². The molecular weight excluding hydrogens is 528 g/mol. The maximum absolute atomic E-state index is 13.1. The molecule has 5 rings (SSSR count). The standard InChI is InChI=1S/C26H29F3N4O2.2ClH/c27-26(28,29)21-7-3-8-22(16-21)31-13-11-30(12-14-31)9-4-10-33-24(34)18-32-17-20-6-2-1-5-19(20)15-23(32)25(33)35;;/h1-3,5-8,16,23H,4,9-15,17-18H2;2*1H. The van der Waals surface area contributed by atoms with Crippen molar-refractivity contribution in [2.24, 2.45) is 0 Å². The van der Waals surface area contributed by atoms with Gasteiger partial charge >= 0.3 is 6.18 Å². The minimum Gasteiger partial charge on any atom is -0.369 e. The summed E-state index contributed by atoms with van der Waals surface area (Å²) in [6.45, 7) is 4.76. The van der Waals surface area contributed by atoms with Gasteiger partial charge in [0.05, 0.1) is 18.2 Å². The number of hydrogen-bond acceptors (Lipinski definition) is 5. The number of hydrogen-bond donors (Lipinski definition) is 0. The Kier molecular flexibility index (Phi) is 9.50. The van der Waals surface area contributed by atoms with E-state index in [0.29, 0.717) is 44.7 Å². The van der Waals surface area contributed by atoms with Crippen LogP contribution >= 0.6 is 24.8 Å². The number of carbonyl (C=O) groups excluding carboxylic acids is 2. The van der Waals surface area contributed by atoms with Gasteiger partial charge in [-0.15, -0.1) is 24.8 Å². The molecule has 3 aliphatic rings. The second-order valence-corrected chi connectivity index (χ2v) is 9.51. The highest BCUT2D eigenvalue weighted by Gasteiger charge is 2.41. The van der Waals surface area contributed by atoms with Crippen LogP contribution in [0.15, 0.2) is 48.5 Å². The first kappa shape index (κ1) is 29.2. The lowest BCUT2D eigenvalue weighted by Gasteiger charge is -2.42. The predicted octanol–water partition coefficient (Wildman–Crippen LogP) is 3.86. The third-order valence-corrected chi connectivity index (χ3v) is 7.30. The first-order valence-electron chi connectivity index (χ1n) is 12.1. The number of nitrogens with zero attached hydrogens (tertiary/aromatic N) is 4. The van der Waals surface area contributed by atoms with Crippen molar-refractivity contribution in [1.29, 1.82) is 0 Å². The Balaban J connectivity index is 0.00000190. The molecule has 0 bridgehead atoms. The van der Waals surface area contributed by atoms with Crippen LogP contribution in [0.3, 0.4) is 0 Å². The van der Waals surface area contributed by atoms with Gasteiger partial charge in [0.15, 0.2) is 0 Å². The molecule has 2 aromatic carbocycles. The highest BCUT2D eigenvalue weighted by atomic mass is 35.5. The molecule has 2 saturated heterocycles. The summed E-state index contributed by atoms with van der Waals surface area (Å²) >= 11 is 0. The van der Waals surface area contributed by atoms with E-state index in [0.717, 1.165) is 25.7 Å². The lowest BCUT2D eigenvalue weighted by atomic mass is 9.91. The van der Waals surface area contributed by atoms with Crippen LogP contribution in [0.2, 0.25) is 0 Å². The summed E-state index contributed by atoms with van der Waals surface area (Å²) in [6.07, 6.45) is -3.03. The van der Waals surface area contributed by atoms with Gasteiger partial charge in [0.25, 0.3) is 0 Å². The number of piperazine rings is 2. The molecule has 3 heterocycles. The second-order valence-electron chi connectivity index (χ2n) is 9.51. The molecule has 11 heteroatoms. The zero-order chi connectivity index (χ0) is 24.6. The molecular formula is C26H31Cl2F3N4O2. The maximum Gasteiger partial charge on any atom is 0.416 e. The zero-order valence-electron chi connectivity index (χ0n) is 20.3. The summed E-state index contributed by atoms with van der Waals surface area (Å²) in [5, 5.41) is 0. The van der Waals surface area contributed by atoms with Gasteiger partial charge in [0.2, 0.25) is 11.8 Å². The van der Waals surface area contributed by atoms with Crippen molar-refractivity contribution in [2.45, 2.75) is 31.6 Å². The molecule has 202 valence electrons. The first-order chi connectivity index (χ1) is 16.8. The highest BCUT2D eigenvalue weighted by Crippen LogP contribution is 2.32. The lowest BCUT2D eigenvalue weighted by molar-refractivity contribution is -0.156. The lowest BCUT2D eigenvalue weighted by Crippen LogP contribution is -2.61. The number of anilines is 1. The van der Waals surface area contributed by atoms with E-state index < -0.39 is 11.7 Å². The number of benzene rings is 2. The Labute approximate surface area is 227 Å². The first-order valence-corrected chi connectivity index (χ1v) is 12.1. The second kappa shape index (κ2) is 12.0. The van der Waals surface area contributed by atoms with Crippen LogP contribution in [0.25, 0.3) is 0 Å². The summed E-state index contributed by atoms with van der Waals surface area (Å²) in [7, 11) is 0. The summed E-state index contributed by atoms with van der Waals surface area (Å²) < 4.78 is 39.1. The minimum absolute atomic E-state index is 0. The number of carbonyl (C=O) groups is 2. The third kappa shape index (κ3) is 6.39. The van der Waals surface area contributed by atoms with Crippen LogP contribution in [0.4, 0.5) is 18.9 Å². The fourth-order valence-corrected chi connectivity index (χ4v) is 5.34. The minimum atomic E-state index is -4.35.